The van der Waals surface area contributed by atoms with Crippen molar-refractivity contribution in [2.75, 3.05) is 7.05 Å². The van der Waals surface area contributed by atoms with E-state index in [0.29, 0.717) is 13.1 Å². The predicted octanol–water partition coefficient (Wildman–Crippen LogP) is 5.27. The molecule has 1 aromatic carbocycles. The Labute approximate surface area is 127 Å². The third-order valence-electron chi connectivity index (χ3n) is 2.56. The van der Waals surface area contributed by atoms with Crippen molar-refractivity contribution >= 4 is 50.5 Å². The minimum absolute atomic E-state index is 0.128. The normalized spacial score (nSPS) is 12.7. The summed E-state index contributed by atoms with van der Waals surface area (Å²) < 4.78 is 15.1. The number of halogens is 4. The lowest BCUT2D eigenvalue weighted by Crippen LogP contribution is -2.17. The van der Waals surface area contributed by atoms with Crippen LogP contribution in [0.5, 0.6) is 0 Å². The van der Waals surface area contributed by atoms with E-state index in [4.69, 9.17) is 23.2 Å². The first kappa shape index (κ1) is 14.3. The molecule has 1 heterocycles. The van der Waals surface area contributed by atoms with Crippen LogP contribution >= 0.6 is 50.5 Å². The van der Waals surface area contributed by atoms with Gasteiger partial charge in [0, 0.05) is 10.0 Å². The van der Waals surface area contributed by atoms with Gasteiger partial charge in [-0.2, -0.15) is 0 Å². The minimum atomic E-state index is -0.282. The maximum atomic E-state index is 13.1. The number of rotatable bonds is 3. The topological polar surface area (TPSA) is 12.0 Å². The van der Waals surface area contributed by atoms with Crippen molar-refractivity contribution in [3.63, 3.8) is 0 Å². The highest BCUT2D eigenvalue weighted by atomic mass is 79.9. The molecule has 6 heteroatoms. The molecule has 0 saturated heterocycles. The molecule has 0 aliphatic rings. The summed E-state index contributed by atoms with van der Waals surface area (Å²) in [5.74, 6) is -0.282. The predicted molar refractivity (Wildman–Crippen MR) is 79.3 cm³/mol. The van der Waals surface area contributed by atoms with Crippen LogP contribution < -0.4 is 5.32 Å². The summed E-state index contributed by atoms with van der Waals surface area (Å²) in [5.41, 5.74) is 1.80. The fraction of sp³-hybridized carbons (Fsp3) is 0.167. The molecule has 2 aromatic rings. The van der Waals surface area contributed by atoms with E-state index in [1.807, 2.05) is 13.1 Å². The lowest BCUT2D eigenvalue weighted by Gasteiger charge is -2.17. The van der Waals surface area contributed by atoms with Gasteiger partial charge in [0.1, 0.15) is 5.82 Å². The van der Waals surface area contributed by atoms with Gasteiger partial charge in [0.25, 0.3) is 0 Å². The number of benzene rings is 1. The third-order valence-corrected chi connectivity index (χ3v) is 4.76. The second-order valence-corrected chi connectivity index (χ2v) is 6.81. The molecule has 0 radical (unpaired) electrons. The zero-order valence-corrected chi connectivity index (χ0v) is 13.2. The van der Waals surface area contributed by atoms with E-state index in [0.717, 1.165) is 11.1 Å². The zero-order valence-electron chi connectivity index (χ0n) is 9.31. The summed E-state index contributed by atoms with van der Waals surface area (Å²) in [6.07, 6.45) is 0. The average molecular weight is 369 g/mol. The van der Waals surface area contributed by atoms with Gasteiger partial charge in [-0.3, -0.25) is 0 Å². The van der Waals surface area contributed by atoms with Gasteiger partial charge >= 0.3 is 0 Å². The molecule has 0 amide bonds. The summed E-state index contributed by atoms with van der Waals surface area (Å²) in [6.45, 7) is 0. The van der Waals surface area contributed by atoms with E-state index < -0.39 is 0 Å². The van der Waals surface area contributed by atoms with E-state index in [-0.39, 0.29) is 11.9 Å². The second-order valence-electron chi connectivity index (χ2n) is 3.67. The Balaban J connectivity index is 2.48. The molecule has 1 aromatic heterocycles. The van der Waals surface area contributed by atoms with Gasteiger partial charge in [-0.15, -0.1) is 11.3 Å². The van der Waals surface area contributed by atoms with E-state index in [9.17, 15) is 4.39 Å². The number of hydrogen-bond donors (Lipinski definition) is 1. The van der Waals surface area contributed by atoms with E-state index in [1.54, 1.807) is 6.07 Å². The van der Waals surface area contributed by atoms with Crippen molar-refractivity contribution in [3.8, 4) is 0 Å². The molecule has 0 aliphatic heterocycles. The smallest absolute Gasteiger partial charge is 0.124 e. The Kier molecular flexibility index (Phi) is 4.67. The molecular weight excluding hydrogens is 360 g/mol. The molecule has 0 saturated carbocycles. The van der Waals surface area contributed by atoms with Crippen molar-refractivity contribution in [2.24, 2.45) is 0 Å². The molecular formula is C12H9BrCl2FNS. The molecule has 18 heavy (non-hydrogen) atoms. The first-order chi connectivity index (χ1) is 8.52. The van der Waals surface area contributed by atoms with E-state index in [2.05, 4.69) is 21.2 Å². The highest BCUT2D eigenvalue weighted by Crippen LogP contribution is 2.39. The van der Waals surface area contributed by atoms with Crippen molar-refractivity contribution < 1.29 is 4.39 Å². The van der Waals surface area contributed by atoms with Crippen LogP contribution in [0, 0.1) is 5.82 Å². The lowest BCUT2D eigenvalue weighted by molar-refractivity contribution is 0.622. The summed E-state index contributed by atoms with van der Waals surface area (Å²) in [5, 5.41) is 3.16. The molecule has 0 spiro atoms. The quantitative estimate of drug-likeness (QED) is 0.778. The molecule has 1 nitrogen and oxygen atoms in total. The van der Waals surface area contributed by atoms with Gasteiger partial charge in [-0.25, -0.2) is 4.39 Å². The third kappa shape index (κ3) is 2.89. The lowest BCUT2D eigenvalue weighted by atomic mass is 10.0. The second kappa shape index (κ2) is 5.88. The van der Waals surface area contributed by atoms with Crippen LogP contribution in [-0.4, -0.2) is 7.05 Å². The first-order valence-electron chi connectivity index (χ1n) is 5.10. The van der Waals surface area contributed by atoms with Gasteiger partial charge < -0.3 is 5.32 Å². The maximum absolute atomic E-state index is 13.1. The van der Waals surface area contributed by atoms with Crippen LogP contribution in [0.3, 0.4) is 0 Å². The Hall–Kier alpha value is -0.130. The van der Waals surface area contributed by atoms with Gasteiger partial charge in [-0.05, 0) is 30.8 Å². The summed E-state index contributed by atoms with van der Waals surface area (Å²) in [4.78, 5) is 0. The fourth-order valence-corrected chi connectivity index (χ4v) is 3.88. The van der Waals surface area contributed by atoms with Crippen molar-refractivity contribution in [1.82, 2.24) is 5.32 Å². The standard InChI is InChI=1S/C12H9BrCl2FNS/c1-17-11(8-5-10(14)18-12(8)15)7-3-2-6(16)4-9(7)13/h2-5,11,17H,1H3. The van der Waals surface area contributed by atoms with Gasteiger partial charge in [0.2, 0.25) is 0 Å². The molecule has 0 aliphatic carbocycles. The van der Waals surface area contributed by atoms with Crippen molar-refractivity contribution in [2.45, 2.75) is 6.04 Å². The van der Waals surface area contributed by atoms with Crippen LogP contribution in [0.15, 0.2) is 28.7 Å². The Morgan fingerprint density at radius 2 is 2.00 bits per heavy atom. The van der Waals surface area contributed by atoms with Crippen LogP contribution in [0.25, 0.3) is 0 Å². The largest absolute Gasteiger partial charge is 0.309 e. The Morgan fingerprint density at radius 3 is 2.50 bits per heavy atom. The van der Waals surface area contributed by atoms with Crippen LogP contribution in [0.2, 0.25) is 8.67 Å². The first-order valence-corrected chi connectivity index (χ1v) is 7.46. The molecule has 2 rings (SSSR count). The highest BCUT2D eigenvalue weighted by Gasteiger charge is 2.20. The minimum Gasteiger partial charge on any atom is -0.309 e. The maximum Gasteiger partial charge on any atom is 0.124 e. The van der Waals surface area contributed by atoms with Gasteiger partial charge in [0.15, 0.2) is 0 Å². The molecule has 96 valence electrons. The molecule has 0 bridgehead atoms. The highest BCUT2D eigenvalue weighted by molar-refractivity contribution is 9.10. The molecule has 0 fully saturated rings. The number of thiophene rings is 1. The fourth-order valence-electron chi connectivity index (χ4n) is 1.76. The summed E-state index contributed by atoms with van der Waals surface area (Å²) >= 11 is 16.8. The van der Waals surface area contributed by atoms with Crippen molar-refractivity contribution in [1.29, 1.82) is 0 Å². The molecule has 1 unspecified atom stereocenters. The van der Waals surface area contributed by atoms with Crippen molar-refractivity contribution in [3.05, 3.63) is 54.4 Å². The Morgan fingerprint density at radius 1 is 1.28 bits per heavy atom. The Bertz CT molecular complexity index is 573. The van der Waals surface area contributed by atoms with Crippen LogP contribution in [0.1, 0.15) is 17.2 Å². The number of nitrogens with one attached hydrogen (secondary N) is 1. The summed E-state index contributed by atoms with van der Waals surface area (Å²) in [6, 6.07) is 6.28. The van der Waals surface area contributed by atoms with Crippen LogP contribution in [0.4, 0.5) is 4.39 Å². The average Bonchev–Trinajstić information content (AvgIpc) is 2.62. The summed E-state index contributed by atoms with van der Waals surface area (Å²) in [7, 11) is 1.82. The number of hydrogen-bond acceptors (Lipinski definition) is 2. The van der Waals surface area contributed by atoms with Gasteiger partial charge in [-0.1, -0.05) is 45.2 Å². The molecule has 1 atom stereocenters. The van der Waals surface area contributed by atoms with E-state index in [1.165, 1.54) is 23.5 Å². The SMILES string of the molecule is CNC(c1ccc(F)cc1Br)c1cc(Cl)sc1Cl. The van der Waals surface area contributed by atoms with E-state index >= 15 is 0 Å². The monoisotopic (exact) mass is 367 g/mol. The zero-order chi connectivity index (χ0) is 13.3. The van der Waals surface area contributed by atoms with Gasteiger partial charge in [0.05, 0.1) is 14.7 Å². The molecule has 1 N–H and O–H groups in total. The van der Waals surface area contributed by atoms with Crippen LogP contribution in [-0.2, 0) is 0 Å².